The van der Waals surface area contributed by atoms with Gasteiger partial charge >= 0.3 is 0 Å². The molecule has 0 aliphatic carbocycles. The zero-order valence-corrected chi connectivity index (χ0v) is 11.1. The zero-order valence-electron chi connectivity index (χ0n) is 11.1. The number of hydrogen-bond acceptors (Lipinski definition) is 2. The van der Waals surface area contributed by atoms with Gasteiger partial charge in [0.2, 0.25) is 0 Å². The van der Waals surface area contributed by atoms with Gasteiger partial charge in [-0.1, -0.05) is 32.8 Å². The van der Waals surface area contributed by atoms with E-state index in [1.807, 2.05) is 12.1 Å². The van der Waals surface area contributed by atoms with Crippen molar-refractivity contribution < 1.29 is 0 Å². The molecule has 0 spiro atoms. The number of benzene rings is 1. The van der Waals surface area contributed by atoms with Crippen LogP contribution in [0.1, 0.15) is 39.5 Å². The second kappa shape index (κ2) is 4.99. The predicted molar refractivity (Wildman–Crippen MR) is 75.3 cm³/mol. The van der Waals surface area contributed by atoms with Gasteiger partial charge in [-0.15, -0.1) is 0 Å². The summed E-state index contributed by atoms with van der Waals surface area (Å²) in [6.07, 6.45) is 5.31. The number of hydrogen-bond donors (Lipinski definition) is 1. The molecule has 2 nitrogen and oxygen atoms in total. The van der Waals surface area contributed by atoms with Gasteiger partial charge in [0, 0.05) is 29.9 Å². The molecular formula is C15H24N2. The number of anilines is 2. The van der Waals surface area contributed by atoms with Crippen LogP contribution in [0.5, 0.6) is 0 Å². The molecule has 1 aromatic carbocycles. The molecule has 0 saturated carbocycles. The Kier molecular flexibility index (Phi) is 3.60. The molecule has 2 rings (SSSR count). The van der Waals surface area contributed by atoms with Gasteiger partial charge in [0.1, 0.15) is 0 Å². The fraction of sp³-hybridized carbons (Fsp3) is 0.600. The molecule has 0 aromatic heterocycles. The first-order valence-electron chi connectivity index (χ1n) is 6.79. The summed E-state index contributed by atoms with van der Waals surface area (Å²) in [6, 6.07) is 8.25. The first-order chi connectivity index (χ1) is 8.19. The molecule has 1 saturated heterocycles. The summed E-state index contributed by atoms with van der Waals surface area (Å²) in [7, 11) is 0. The number of nitrogen functional groups attached to an aromatic ring is 1. The summed E-state index contributed by atoms with van der Waals surface area (Å²) in [4.78, 5) is 2.46. The molecule has 0 radical (unpaired) electrons. The van der Waals surface area contributed by atoms with Crippen LogP contribution in [0, 0.1) is 5.41 Å². The van der Waals surface area contributed by atoms with Gasteiger partial charge in [-0.2, -0.15) is 0 Å². The summed E-state index contributed by atoms with van der Waals surface area (Å²) >= 11 is 0. The van der Waals surface area contributed by atoms with Crippen molar-refractivity contribution in [3.8, 4) is 0 Å². The van der Waals surface area contributed by atoms with Crippen LogP contribution in [0.2, 0.25) is 0 Å². The van der Waals surface area contributed by atoms with Gasteiger partial charge in [-0.05, 0) is 31.0 Å². The summed E-state index contributed by atoms with van der Waals surface area (Å²) in [5.74, 6) is 0. The second-order valence-corrected chi connectivity index (χ2v) is 5.45. The molecule has 0 atom stereocenters. The molecule has 1 fully saturated rings. The van der Waals surface area contributed by atoms with Crippen LogP contribution in [0.25, 0.3) is 0 Å². The lowest BCUT2D eigenvalue weighted by molar-refractivity contribution is 0.173. The fourth-order valence-electron chi connectivity index (χ4n) is 3.17. The maximum absolute atomic E-state index is 5.83. The van der Waals surface area contributed by atoms with Crippen LogP contribution < -0.4 is 10.6 Å². The van der Waals surface area contributed by atoms with Gasteiger partial charge in [0.15, 0.2) is 0 Å². The van der Waals surface area contributed by atoms with Crippen LogP contribution >= 0.6 is 0 Å². The Labute approximate surface area is 105 Å². The van der Waals surface area contributed by atoms with E-state index in [2.05, 4.69) is 30.9 Å². The summed E-state index contributed by atoms with van der Waals surface area (Å²) in [5.41, 5.74) is 8.56. The van der Waals surface area contributed by atoms with Crippen molar-refractivity contribution in [1.82, 2.24) is 0 Å². The first-order valence-corrected chi connectivity index (χ1v) is 6.79. The lowest BCUT2D eigenvalue weighted by Crippen LogP contribution is -2.56. The lowest BCUT2D eigenvalue weighted by Gasteiger charge is -2.52. The van der Waals surface area contributed by atoms with Crippen LogP contribution in [0.4, 0.5) is 11.4 Å². The molecule has 0 bridgehead atoms. The summed E-state index contributed by atoms with van der Waals surface area (Å²) in [5, 5.41) is 0. The fourth-order valence-corrected chi connectivity index (χ4v) is 3.17. The standard InChI is InChI=1S/C15H24N2/c1-3-8-15(9-4-2)11-17(12-15)14-7-5-6-13(16)10-14/h5-7,10H,3-4,8-9,11-12,16H2,1-2H3. The molecule has 1 heterocycles. The van der Waals surface area contributed by atoms with E-state index in [1.54, 1.807) is 0 Å². The third-order valence-corrected chi connectivity index (χ3v) is 3.85. The molecule has 17 heavy (non-hydrogen) atoms. The third kappa shape index (κ3) is 2.56. The predicted octanol–water partition coefficient (Wildman–Crippen LogP) is 3.68. The van der Waals surface area contributed by atoms with Gasteiger partial charge in [0.25, 0.3) is 0 Å². The van der Waals surface area contributed by atoms with Crippen molar-refractivity contribution in [1.29, 1.82) is 0 Å². The largest absolute Gasteiger partial charge is 0.399 e. The molecule has 0 unspecified atom stereocenters. The Hall–Kier alpha value is -1.18. The van der Waals surface area contributed by atoms with Crippen LogP contribution in [-0.4, -0.2) is 13.1 Å². The molecule has 1 aliphatic rings. The molecule has 0 amide bonds. The van der Waals surface area contributed by atoms with Crippen molar-refractivity contribution in [2.45, 2.75) is 39.5 Å². The lowest BCUT2D eigenvalue weighted by atomic mass is 9.72. The normalized spacial score (nSPS) is 17.9. The van der Waals surface area contributed by atoms with Gasteiger partial charge in [0.05, 0.1) is 0 Å². The first kappa shape index (κ1) is 12.3. The smallest absolute Gasteiger partial charge is 0.0387 e. The van der Waals surface area contributed by atoms with Gasteiger partial charge < -0.3 is 10.6 Å². The number of nitrogens with two attached hydrogens (primary N) is 1. The highest BCUT2D eigenvalue weighted by molar-refractivity contribution is 5.57. The van der Waals surface area contributed by atoms with Gasteiger partial charge in [-0.25, -0.2) is 0 Å². The Bertz CT molecular complexity index is 359. The summed E-state index contributed by atoms with van der Waals surface area (Å²) < 4.78 is 0. The average Bonchev–Trinajstić information content (AvgIpc) is 2.25. The second-order valence-electron chi connectivity index (χ2n) is 5.45. The minimum absolute atomic E-state index is 0.577. The maximum Gasteiger partial charge on any atom is 0.0387 e. The van der Waals surface area contributed by atoms with E-state index in [9.17, 15) is 0 Å². The minimum Gasteiger partial charge on any atom is -0.399 e. The Balaban J connectivity index is 2.00. The van der Waals surface area contributed by atoms with Crippen LogP contribution in [0.15, 0.2) is 24.3 Å². The van der Waals surface area contributed by atoms with E-state index in [0.717, 1.165) is 5.69 Å². The molecule has 94 valence electrons. The van der Waals surface area contributed by atoms with Crippen molar-refractivity contribution in [2.75, 3.05) is 23.7 Å². The maximum atomic E-state index is 5.83. The quantitative estimate of drug-likeness (QED) is 0.785. The van der Waals surface area contributed by atoms with Crippen molar-refractivity contribution in [2.24, 2.45) is 5.41 Å². The highest BCUT2D eigenvalue weighted by atomic mass is 15.2. The monoisotopic (exact) mass is 232 g/mol. The van der Waals surface area contributed by atoms with Crippen molar-refractivity contribution in [3.63, 3.8) is 0 Å². The van der Waals surface area contributed by atoms with E-state index < -0.39 is 0 Å². The van der Waals surface area contributed by atoms with E-state index >= 15 is 0 Å². The highest BCUT2D eigenvalue weighted by Gasteiger charge is 2.41. The molecule has 2 heteroatoms. The Morgan fingerprint density at radius 3 is 2.35 bits per heavy atom. The number of nitrogens with zero attached hydrogens (tertiary/aromatic N) is 1. The molecule has 2 N–H and O–H groups in total. The molecule has 1 aromatic rings. The van der Waals surface area contributed by atoms with E-state index in [-0.39, 0.29) is 0 Å². The van der Waals surface area contributed by atoms with Crippen LogP contribution in [0.3, 0.4) is 0 Å². The zero-order chi connectivity index (χ0) is 12.3. The van der Waals surface area contributed by atoms with Crippen molar-refractivity contribution in [3.05, 3.63) is 24.3 Å². The van der Waals surface area contributed by atoms with E-state index in [1.165, 1.54) is 44.5 Å². The third-order valence-electron chi connectivity index (χ3n) is 3.85. The SMILES string of the molecule is CCCC1(CCC)CN(c2cccc(N)c2)C1. The van der Waals surface area contributed by atoms with Gasteiger partial charge in [-0.3, -0.25) is 0 Å². The minimum atomic E-state index is 0.577. The number of rotatable bonds is 5. The average molecular weight is 232 g/mol. The topological polar surface area (TPSA) is 29.3 Å². The van der Waals surface area contributed by atoms with Crippen molar-refractivity contribution >= 4 is 11.4 Å². The van der Waals surface area contributed by atoms with E-state index in [0.29, 0.717) is 5.41 Å². The molecular weight excluding hydrogens is 208 g/mol. The van der Waals surface area contributed by atoms with Crippen LogP contribution in [-0.2, 0) is 0 Å². The molecule has 1 aliphatic heterocycles. The Morgan fingerprint density at radius 1 is 1.18 bits per heavy atom. The van der Waals surface area contributed by atoms with E-state index in [4.69, 9.17) is 5.73 Å². The Morgan fingerprint density at radius 2 is 1.82 bits per heavy atom. The highest BCUT2D eigenvalue weighted by Crippen LogP contribution is 2.42. The summed E-state index contributed by atoms with van der Waals surface area (Å²) in [6.45, 7) is 7.00.